The molecule has 134 valence electrons. The molecule has 4 rings (SSSR count). The summed E-state index contributed by atoms with van der Waals surface area (Å²) in [7, 11) is 0. The lowest BCUT2D eigenvalue weighted by atomic mass is 10.00. The average molecular weight is 418 g/mol. The molecule has 0 radical (unpaired) electrons. The topological polar surface area (TPSA) is 37.3 Å². The van der Waals surface area contributed by atoms with E-state index < -0.39 is 0 Å². The van der Waals surface area contributed by atoms with Gasteiger partial charge in [-0.2, -0.15) is 0 Å². The van der Waals surface area contributed by atoms with Crippen molar-refractivity contribution < 1.29 is 0 Å². The van der Waals surface area contributed by atoms with Crippen molar-refractivity contribution in [1.29, 1.82) is 0 Å². The molecule has 1 aliphatic rings. The number of halogens is 1. The van der Waals surface area contributed by atoms with E-state index >= 15 is 0 Å². The highest BCUT2D eigenvalue weighted by atomic mass is 79.9. The van der Waals surface area contributed by atoms with E-state index in [1.807, 2.05) is 24.5 Å². The zero-order valence-electron chi connectivity index (χ0n) is 15.1. The molecule has 0 bridgehead atoms. The molecular formula is C23H20BrN3. The van der Waals surface area contributed by atoms with Crippen LogP contribution in [0.25, 0.3) is 17.2 Å². The Balaban J connectivity index is 1.72. The summed E-state index contributed by atoms with van der Waals surface area (Å²) in [6.45, 7) is 3.72. The number of anilines is 1. The van der Waals surface area contributed by atoms with E-state index in [1.165, 1.54) is 5.56 Å². The summed E-state index contributed by atoms with van der Waals surface area (Å²) >= 11 is 3.56. The molecule has 0 spiro atoms. The number of hydrogen-bond acceptors (Lipinski definition) is 3. The molecule has 2 aromatic carbocycles. The zero-order chi connectivity index (χ0) is 18.6. The summed E-state index contributed by atoms with van der Waals surface area (Å²) in [5.41, 5.74) is 7.92. The summed E-state index contributed by atoms with van der Waals surface area (Å²) < 4.78 is 1.07. The Labute approximate surface area is 168 Å². The van der Waals surface area contributed by atoms with Gasteiger partial charge in [-0.25, -0.2) is 0 Å². The van der Waals surface area contributed by atoms with Crippen LogP contribution in [-0.2, 0) is 0 Å². The van der Waals surface area contributed by atoms with E-state index in [0.717, 1.165) is 51.2 Å². The molecule has 0 saturated heterocycles. The Bertz CT molecular complexity index is 1040. The van der Waals surface area contributed by atoms with Gasteiger partial charge in [-0.05, 0) is 54.0 Å². The fraction of sp³-hybridized carbons (Fsp3) is 0.130. The second-order valence-corrected chi connectivity index (χ2v) is 7.47. The largest absolute Gasteiger partial charge is 0.383 e. The molecule has 1 N–H and O–H groups in total. The first-order chi connectivity index (χ1) is 13.2. The monoisotopic (exact) mass is 417 g/mol. The second kappa shape index (κ2) is 7.89. The SMILES string of the molecule is Cc1ccc2c(c1)NCCN=C2/C=C/c1cnccc1-c1cccc(Br)c1. The molecule has 1 aromatic heterocycles. The van der Waals surface area contributed by atoms with Crippen molar-refractivity contribution in [2.75, 3.05) is 18.4 Å². The highest BCUT2D eigenvalue weighted by Crippen LogP contribution is 2.27. The van der Waals surface area contributed by atoms with Crippen LogP contribution in [0.1, 0.15) is 16.7 Å². The fourth-order valence-electron chi connectivity index (χ4n) is 3.25. The minimum atomic E-state index is 0.763. The van der Waals surface area contributed by atoms with Gasteiger partial charge in [0, 0.05) is 40.2 Å². The van der Waals surface area contributed by atoms with Gasteiger partial charge in [0.15, 0.2) is 0 Å². The predicted octanol–water partition coefficient (Wildman–Crippen LogP) is 5.75. The van der Waals surface area contributed by atoms with Crippen LogP contribution in [0.2, 0.25) is 0 Å². The van der Waals surface area contributed by atoms with E-state index in [2.05, 4.69) is 81.7 Å². The standard InChI is InChI=1S/C23H20BrN3/c1-16-5-7-21-22(26-11-12-27-23(21)13-16)8-6-18-15-25-10-9-20(18)17-3-2-4-19(24)14-17/h2-10,13-15,27H,11-12H2,1H3/b8-6+. The maximum absolute atomic E-state index is 4.77. The maximum Gasteiger partial charge on any atom is 0.0668 e. The highest BCUT2D eigenvalue weighted by molar-refractivity contribution is 9.10. The average Bonchev–Trinajstić information content (AvgIpc) is 2.88. The van der Waals surface area contributed by atoms with Gasteiger partial charge in [0.2, 0.25) is 0 Å². The van der Waals surface area contributed by atoms with Crippen molar-refractivity contribution in [3.8, 4) is 11.1 Å². The number of rotatable bonds is 3. The van der Waals surface area contributed by atoms with Gasteiger partial charge in [0.25, 0.3) is 0 Å². The van der Waals surface area contributed by atoms with Crippen molar-refractivity contribution in [2.24, 2.45) is 4.99 Å². The van der Waals surface area contributed by atoms with Crippen molar-refractivity contribution in [1.82, 2.24) is 4.98 Å². The van der Waals surface area contributed by atoms with Gasteiger partial charge in [-0.1, -0.05) is 46.3 Å². The minimum Gasteiger partial charge on any atom is -0.383 e. The third-order valence-electron chi connectivity index (χ3n) is 4.57. The van der Waals surface area contributed by atoms with Crippen LogP contribution < -0.4 is 5.32 Å². The summed E-state index contributed by atoms with van der Waals surface area (Å²) in [4.78, 5) is 9.08. The summed E-state index contributed by atoms with van der Waals surface area (Å²) in [6.07, 6.45) is 7.94. The number of aromatic nitrogens is 1. The van der Waals surface area contributed by atoms with Gasteiger partial charge < -0.3 is 5.32 Å². The number of benzene rings is 2. The van der Waals surface area contributed by atoms with Crippen molar-refractivity contribution in [2.45, 2.75) is 6.92 Å². The Morgan fingerprint density at radius 2 is 1.96 bits per heavy atom. The number of pyridine rings is 1. The summed E-state index contributed by atoms with van der Waals surface area (Å²) in [5, 5.41) is 3.47. The van der Waals surface area contributed by atoms with E-state index in [9.17, 15) is 0 Å². The molecule has 2 heterocycles. The molecule has 1 aliphatic heterocycles. The first-order valence-corrected chi connectivity index (χ1v) is 9.77. The van der Waals surface area contributed by atoms with Crippen LogP contribution in [-0.4, -0.2) is 23.8 Å². The van der Waals surface area contributed by atoms with Gasteiger partial charge in [-0.3, -0.25) is 9.98 Å². The number of benzodiazepines with no additional fused rings is 1. The quantitative estimate of drug-likeness (QED) is 0.588. The highest BCUT2D eigenvalue weighted by Gasteiger charge is 2.11. The number of allylic oxidation sites excluding steroid dienone is 1. The van der Waals surface area contributed by atoms with Gasteiger partial charge in [-0.15, -0.1) is 0 Å². The number of nitrogens with zero attached hydrogens (tertiary/aromatic N) is 2. The normalized spacial score (nSPS) is 13.6. The number of hydrogen-bond donors (Lipinski definition) is 1. The number of fused-ring (bicyclic) bond motifs is 1. The van der Waals surface area contributed by atoms with Crippen LogP contribution in [0.4, 0.5) is 5.69 Å². The number of aliphatic imine (C=N–C) groups is 1. The Kier molecular flexibility index (Phi) is 5.16. The van der Waals surface area contributed by atoms with E-state index in [0.29, 0.717) is 0 Å². The third kappa shape index (κ3) is 4.01. The Hall–Kier alpha value is -2.72. The smallest absolute Gasteiger partial charge is 0.0668 e. The Morgan fingerprint density at radius 3 is 2.85 bits per heavy atom. The first-order valence-electron chi connectivity index (χ1n) is 8.98. The minimum absolute atomic E-state index is 0.763. The van der Waals surface area contributed by atoms with Gasteiger partial charge >= 0.3 is 0 Å². The molecule has 3 nitrogen and oxygen atoms in total. The summed E-state index contributed by atoms with van der Waals surface area (Å²) in [6, 6.07) is 16.8. The summed E-state index contributed by atoms with van der Waals surface area (Å²) in [5.74, 6) is 0. The van der Waals surface area contributed by atoms with Gasteiger partial charge in [0.1, 0.15) is 0 Å². The van der Waals surface area contributed by atoms with E-state index in [1.54, 1.807) is 0 Å². The number of nitrogens with one attached hydrogen (secondary N) is 1. The molecule has 0 amide bonds. The van der Waals surface area contributed by atoms with Crippen LogP contribution in [0.5, 0.6) is 0 Å². The molecule has 27 heavy (non-hydrogen) atoms. The van der Waals surface area contributed by atoms with Crippen molar-refractivity contribution >= 4 is 33.4 Å². The van der Waals surface area contributed by atoms with Crippen molar-refractivity contribution in [3.63, 3.8) is 0 Å². The molecule has 0 unspecified atom stereocenters. The maximum atomic E-state index is 4.77. The predicted molar refractivity (Wildman–Crippen MR) is 117 cm³/mol. The van der Waals surface area contributed by atoms with Crippen LogP contribution in [0.15, 0.2) is 76.5 Å². The third-order valence-corrected chi connectivity index (χ3v) is 5.06. The molecule has 0 saturated carbocycles. The lowest BCUT2D eigenvalue weighted by Crippen LogP contribution is -2.03. The van der Waals surface area contributed by atoms with E-state index in [4.69, 9.17) is 4.99 Å². The van der Waals surface area contributed by atoms with Crippen LogP contribution in [0, 0.1) is 6.92 Å². The molecule has 0 atom stereocenters. The molecule has 0 aliphatic carbocycles. The van der Waals surface area contributed by atoms with Crippen LogP contribution in [0.3, 0.4) is 0 Å². The fourth-order valence-corrected chi connectivity index (χ4v) is 3.65. The van der Waals surface area contributed by atoms with Gasteiger partial charge in [0.05, 0.1) is 12.3 Å². The lowest BCUT2D eigenvalue weighted by molar-refractivity contribution is 1.04. The molecule has 0 fully saturated rings. The second-order valence-electron chi connectivity index (χ2n) is 6.55. The van der Waals surface area contributed by atoms with E-state index in [-0.39, 0.29) is 0 Å². The van der Waals surface area contributed by atoms with Crippen molar-refractivity contribution in [3.05, 3.63) is 88.2 Å². The molecule has 3 aromatic rings. The first kappa shape index (κ1) is 17.7. The van der Waals surface area contributed by atoms with Crippen LogP contribution >= 0.6 is 15.9 Å². The molecule has 4 heteroatoms. The molecular weight excluding hydrogens is 398 g/mol. The zero-order valence-corrected chi connectivity index (χ0v) is 16.7. The number of aryl methyl sites for hydroxylation is 1. The lowest BCUT2D eigenvalue weighted by Gasteiger charge is -2.09. The Morgan fingerprint density at radius 1 is 1.04 bits per heavy atom.